The first-order chi connectivity index (χ1) is 7.32. The van der Waals surface area contributed by atoms with E-state index in [9.17, 15) is 22.8 Å². The molecule has 0 spiro atoms. The molecule has 0 aliphatic carbocycles. The molecule has 0 heterocycles. The Morgan fingerprint density at radius 1 is 1.44 bits per heavy atom. The van der Waals surface area contributed by atoms with Crippen LogP contribution >= 0.6 is 15.9 Å². The number of rotatable bonds is 6. The molecule has 16 heavy (non-hydrogen) atoms. The van der Waals surface area contributed by atoms with Crippen molar-refractivity contribution in [1.29, 1.82) is 0 Å². The van der Waals surface area contributed by atoms with Gasteiger partial charge in [-0.1, -0.05) is 15.9 Å². The van der Waals surface area contributed by atoms with Crippen LogP contribution in [0.5, 0.6) is 0 Å². The van der Waals surface area contributed by atoms with Gasteiger partial charge in [0.1, 0.15) is 0 Å². The van der Waals surface area contributed by atoms with Crippen LogP contribution in [-0.4, -0.2) is 43.0 Å². The van der Waals surface area contributed by atoms with E-state index in [1.807, 2.05) is 0 Å². The Morgan fingerprint density at radius 2 is 2.00 bits per heavy atom. The van der Waals surface area contributed by atoms with Gasteiger partial charge in [0.2, 0.25) is 0 Å². The summed E-state index contributed by atoms with van der Waals surface area (Å²) < 4.78 is 40.4. The summed E-state index contributed by atoms with van der Waals surface area (Å²) in [6.07, 6.45) is -4.99. The molecule has 0 aromatic heterocycles. The molecule has 1 unspecified atom stereocenters. The largest absolute Gasteiger partial charge is 0.471 e. The second-order valence-electron chi connectivity index (χ2n) is 2.91. The summed E-state index contributed by atoms with van der Waals surface area (Å²) in [5.41, 5.74) is 0. The third kappa shape index (κ3) is 5.45. The Labute approximate surface area is 98.6 Å². The summed E-state index contributed by atoms with van der Waals surface area (Å²) in [5.74, 6) is -2.66. The van der Waals surface area contributed by atoms with Crippen molar-refractivity contribution >= 4 is 27.6 Å². The molecule has 0 rings (SSSR count). The number of amides is 1. The maximum Gasteiger partial charge on any atom is 0.471 e. The Morgan fingerprint density at radius 3 is 2.38 bits per heavy atom. The lowest BCUT2D eigenvalue weighted by molar-refractivity contribution is -0.174. The van der Waals surface area contributed by atoms with Crippen LogP contribution in [-0.2, 0) is 14.3 Å². The van der Waals surface area contributed by atoms with E-state index in [0.717, 1.165) is 0 Å². The number of methoxy groups -OCH3 is 1. The van der Waals surface area contributed by atoms with Gasteiger partial charge in [0.05, 0.1) is 11.4 Å². The molecule has 0 radical (unpaired) electrons. The quantitative estimate of drug-likeness (QED) is 0.746. The minimum atomic E-state index is -4.99. The van der Waals surface area contributed by atoms with Crippen molar-refractivity contribution in [3.63, 3.8) is 0 Å². The Hall–Kier alpha value is -0.630. The standard InChI is InChI=1S/C8H11BrF3NO3/c1-16-3-2-5(6(14)4-9)13-7(15)8(10,11)12/h5H,2-4H2,1H3,(H,13,15). The third-order valence-corrected chi connectivity index (χ3v) is 2.25. The predicted molar refractivity (Wildman–Crippen MR) is 53.3 cm³/mol. The number of halogens is 4. The Kier molecular flexibility index (Phi) is 6.58. The highest BCUT2D eigenvalue weighted by atomic mass is 79.9. The van der Waals surface area contributed by atoms with Gasteiger partial charge in [-0.3, -0.25) is 9.59 Å². The highest BCUT2D eigenvalue weighted by molar-refractivity contribution is 9.09. The highest BCUT2D eigenvalue weighted by Gasteiger charge is 2.40. The van der Waals surface area contributed by atoms with Crippen molar-refractivity contribution in [2.24, 2.45) is 0 Å². The molecule has 0 aliphatic heterocycles. The topological polar surface area (TPSA) is 55.4 Å². The van der Waals surface area contributed by atoms with Gasteiger partial charge in [-0.05, 0) is 6.42 Å². The zero-order chi connectivity index (χ0) is 12.8. The molecule has 0 aromatic carbocycles. The van der Waals surface area contributed by atoms with E-state index in [1.165, 1.54) is 7.11 Å². The van der Waals surface area contributed by atoms with Crippen LogP contribution < -0.4 is 5.32 Å². The van der Waals surface area contributed by atoms with Gasteiger partial charge < -0.3 is 10.1 Å². The molecule has 0 saturated carbocycles. The van der Waals surface area contributed by atoms with E-state index >= 15 is 0 Å². The van der Waals surface area contributed by atoms with Crippen molar-refractivity contribution in [1.82, 2.24) is 5.32 Å². The second kappa shape index (κ2) is 6.85. The van der Waals surface area contributed by atoms with Crippen molar-refractivity contribution in [2.75, 3.05) is 19.0 Å². The van der Waals surface area contributed by atoms with E-state index < -0.39 is 23.9 Å². The van der Waals surface area contributed by atoms with E-state index in [-0.39, 0.29) is 18.4 Å². The number of alkyl halides is 4. The van der Waals surface area contributed by atoms with Crippen LogP contribution in [0.3, 0.4) is 0 Å². The van der Waals surface area contributed by atoms with E-state index in [2.05, 4.69) is 20.7 Å². The number of hydrogen-bond acceptors (Lipinski definition) is 3. The molecular formula is C8H11BrF3NO3. The maximum absolute atomic E-state index is 11.9. The average Bonchev–Trinajstić information content (AvgIpc) is 2.21. The smallest absolute Gasteiger partial charge is 0.385 e. The summed E-state index contributed by atoms with van der Waals surface area (Å²) >= 11 is 2.82. The van der Waals surface area contributed by atoms with E-state index in [1.54, 1.807) is 5.32 Å². The Bertz CT molecular complexity index is 257. The number of ketones is 1. The van der Waals surface area contributed by atoms with Crippen molar-refractivity contribution in [3.05, 3.63) is 0 Å². The SMILES string of the molecule is COCCC(NC(=O)C(F)(F)F)C(=O)CBr. The number of carbonyl (C=O) groups excluding carboxylic acids is 2. The molecule has 0 fully saturated rings. The molecule has 1 amide bonds. The third-order valence-electron chi connectivity index (χ3n) is 1.69. The second-order valence-corrected chi connectivity index (χ2v) is 3.47. The van der Waals surface area contributed by atoms with Crippen molar-refractivity contribution in [2.45, 2.75) is 18.6 Å². The van der Waals surface area contributed by atoms with E-state index in [4.69, 9.17) is 0 Å². The minimum Gasteiger partial charge on any atom is -0.385 e. The van der Waals surface area contributed by atoms with Gasteiger partial charge in [0, 0.05) is 13.7 Å². The summed E-state index contributed by atoms with van der Waals surface area (Å²) in [5, 5.41) is 1.49. The fourth-order valence-corrected chi connectivity index (χ4v) is 1.27. The maximum atomic E-state index is 11.9. The lowest BCUT2D eigenvalue weighted by Crippen LogP contribution is -2.47. The number of hydrogen-bond donors (Lipinski definition) is 1. The summed E-state index contributed by atoms with van der Waals surface area (Å²) in [7, 11) is 1.35. The molecule has 8 heteroatoms. The molecular weight excluding hydrogens is 295 g/mol. The summed E-state index contributed by atoms with van der Waals surface area (Å²) in [4.78, 5) is 21.8. The van der Waals surface area contributed by atoms with Gasteiger partial charge in [-0.2, -0.15) is 13.2 Å². The van der Waals surface area contributed by atoms with Crippen LogP contribution in [0.2, 0.25) is 0 Å². The molecule has 1 atom stereocenters. The lowest BCUT2D eigenvalue weighted by atomic mass is 10.1. The van der Waals surface area contributed by atoms with Crippen molar-refractivity contribution in [3.8, 4) is 0 Å². The van der Waals surface area contributed by atoms with Gasteiger partial charge in [0.25, 0.3) is 0 Å². The van der Waals surface area contributed by atoms with Crippen LogP contribution in [0.25, 0.3) is 0 Å². The molecule has 4 nitrogen and oxygen atoms in total. The van der Waals surface area contributed by atoms with E-state index in [0.29, 0.717) is 0 Å². The first-order valence-corrected chi connectivity index (χ1v) is 5.40. The highest BCUT2D eigenvalue weighted by Crippen LogP contribution is 2.15. The zero-order valence-corrected chi connectivity index (χ0v) is 10.0. The minimum absolute atomic E-state index is 0.00273. The van der Waals surface area contributed by atoms with Gasteiger partial charge in [-0.25, -0.2) is 0 Å². The number of ether oxygens (including phenoxy) is 1. The Balaban J connectivity index is 4.42. The average molecular weight is 306 g/mol. The fourth-order valence-electron chi connectivity index (χ4n) is 0.883. The molecule has 94 valence electrons. The van der Waals surface area contributed by atoms with Gasteiger partial charge in [-0.15, -0.1) is 0 Å². The molecule has 0 saturated heterocycles. The zero-order valence-electron chi connectivity index (χ0n) is 8.44. The monoisotopic (exact) mass is 305 g/mol. The van der Waals surface area contributed by atoms with Crippen molar-refractivity contribution < 1.29 is 27.5 Å². The van der Waals surface area contributed by atoms with Crippen LogP contribution in [0, 0.1) is 0 Å². The number of nitrogens with one attached hydrogen (secondary N) is 1. The number of carbonyl (C=O) groups is 2. The lowest BCUT2D eigenvalue weighted by Gasteiger charge is -2.17. The molecule has 0 aromatic rings. The number of Topliss-reactive ketones (excluding diaryl/α,β-unsaturated/α-hetero) is 1. The first kappa shape index (κ1) is 15.4. The first-order valence-electron chi connectivity index (χ1n) is 4.28. The van der Waals surface area contributed by atoms with Crippen LogP contribution in [0.4, 0.5) is 13.2 Å². The predicted octanol–water partition coefficient (Wildman–Crippen LogP) is 1.03. The molecule has 1 N–H and O–H groups in total. The normalized spacial score (nSPS) is 13.3. The van der Waals surface area contributed by atoms with Crippen LogP contribution in [0.15, 0.2) is 0 Å². The van der Waals surface area contributed by atoms with Gasteiger partial charge in [0.15, 0.2) is 5.78 Å². The summed E-state index contributed by atoms with van der Waals surface area (Å²) in [6.45, 7) is 0.0849. The summed E-state index contributed by atoms with van der Waals surface area (Å²) in [6, 6.07) is -1.19. The molecule has 0 aliphatic rings. The molecule has 0 bridgehead atoms. The fraction of sp³-hybridized carbons (Fsp3) is 0.750. The van der Waals surface area contributed by atoms with Crippen LogP contribution in [0.1, 0.15) is 6.42 Å². The van der Waals surface area contributed by atoms with Gasteiger partial charge >= 0.3 is 12.1 Å².